The van der Waals surface area contributed by atoms with Crippen LogP contribution in [0.4, 0.5) is 0 Å². The van der Waals surface area contributed by atoms with E-state index in [4.69, 9.17) is 0 Å². The van der Waals surface area contributed by atoms with Crippen LogP contribution >= 0.6 is 11.3 Å². The first-order valence-electron chi connectivity index (χ1n) is 4.92. The molecule has 0 spiro atoms. The van der Waals surface area contributed by atoms with Crippen molar-refractivity contribution in [3.05, 3.63) is 16.6 Å². The number of aromatic nitrogens is 1. The molecule has 0 atom stereocenters. The predicted molar refractivity (Wildman–Crippen MR) is 58.0 cm³/mol. The summed E-state index contributed by atoms with van der Waals surface area (Å²) in [7, 11) is 0. The maximum absolute atomic E-state index is 11.6. The lowest BCUT2D eigenvalue weighted by atomic mass is 10.0. The minimum atomic E-state index is 0.142. The second-order valence-electron chi connectivity index (χ2n) is 3.21. The summed E-state index contributed by atoms with van der Waals surface area (Å²) in [6, 6.07) is 0. The first-order valence-corrected chi connectivity index (χ1v) is 5.87. The van der Waals surface area contributed by atoms with Crippen molar-refractivity contribution in [3.8, 4) is 0 Å². The molecule has 78 valence electrons. The minimum absolute atomic E-state index is 0.142. The van der Waals surface area contributed by atoms with E-state index >= 15 is 0 Å². The van der Waals surface area contributed by atoms with Gasteiger partial charge in [0.1, 0.15) is 0 Å². The minimum Gasteiger partial charge on any atom is -0.350 e. The Labute approximate surface area is 88.6 Å². The van der Waals surface area contributed by atoms with Gasteiger partial charge in [-0.1, -0.05) is 13.8 Å². The highest BCUT2D eigenvalue weighted by Crippen LogP contribution is 2.07. The van der Waals surface area contributed by atoms with Crippen molar-refractivity contribution in [2.75, 3.05) is 0 Å². The van der Waals surface area contributed by atoms with Gasteiger partial charge in [0.25, 0.3) is 0 Å². The van der Waals surface area contributed by atoms with Gasteiger partial charge in [0.2, 0.25) is 5.91 Å². The molecule has 0 aromatic carbocycles. The van der Waals surface area contributed by atoms with Crippen LogP contribution < -0.4 is 5.32 Å². The first kappa shape index (κ1) is 11.2. The fourth-order valence-corrected chi connectivity index (χ4v) is 1.86. The van der Waals surface area contributed by atoms with Crippen LogP contribution in [0.15, 0.2) is 10.9 Å². The third-order valence-corrected chi connectivity index (χ3v) is 2.92. The summed E-state index contributed by atoms with van der Waals surface area (Å²) in [6.45, 7) is 4.63. The molecule has 0 saturated carbocycles. The summed E-state index contributed by atoms with van der Waals surface area (Å²) in [5, 5.41) is 4.84. The van der Waals surface area contributed by atoms with Gasteiger partial charge in [-0.3, -0.25) is 4.79 Å². The van der Waals surface area contributed by atoms with E-state index in [1.165, 1.54) is 0 Å². The van der Waals surface area contributed by atoms with Crippen molar-refractivity contribution >= 4 is 17.2 Å². The molecule has 1 N–H and O–H groups in total. The average molecular weight is 212 g/mol. The van der Waals surface area contributed by atoms with Crippen LogP contribution in [-0.4, -0.2) is 10.9 Å². The van der Waals surface area contributed by atoms with Gasteiger partial charge >= 0.3 is 0 Å². The Morgan fingerprint density at radius 2 is 2.29 bits per heavy atom. The zero-order chi connectivity index (χ0) is 10.4. The molecule has 1 aromatic rings. The molecule has 0 radical (unpaired) electrons. The Hall–Kier alpha value is -0.900. The van der Waals surface area contributed by atoms with Gasteiger partial charge in [-0.25, -0.2) is 4.98 Å². The Morgan fingerprint density at radius 3 is 2.79 bits per heavy atom. The first-order chi connectivity index (χ1) is 6.77. The van der Waals surface area contributed by atoms with Crippen molar-refractivity contribution in [3.63, 3.8) is 0 Å². The molecule has 1 aromatic heterocycles. The number of rotatable bonds is 5. The summed E-state index contributed by atoms with van der Waals surface area (Å²) in [4.78, 5) is 15.7. The Kier molecular flexibility index (Phi) is 4.59. The normalized spacial score (nSPS) is 10.5. The lowest BCUT2D eigenvalue weighted by Crippen LogP contribution is -2.29. The molecule has 0 unspecified atom stereocenters. The quantitative estimate of drug-likeness (QED) is 0.813. The third kappa shape index (κ3) is 3.10. The molecule has 3 nitrogen and oxygen atoms in total. The summed E-state index contributed by atoms with van der Waals surface area (Å²) in [6.07, 6.45) is 1.80. The molecule has 0 fully saturated rings. The van der Waals surface area contributed by atoms with Crippen LogP contribution in [0.1, 0.15) is 32.4 Å². The molecule has 0 aliphatic rings. The smallest absolute Gasteiger partial charge is 0.223 e. The van der Waals surface area contributed by atoms with Crippen LogP contribution in [0.3, 0.4) is 0 Å². The Balaban J connectivity index is 2.34. The molecule has 0 saturated heterocycles. The second kappa shape index (κ2) is 5.75. The maximum atomic E-state index is 11.6. The summed E-state index contributed by atoms with van der Waals surface area (Å²) in [5.41, 5.74) is 2.72. The monoisotopic (exact) mass is 212 g/mol. The van der Waals surface area contributed by atoms with E-state index in [2.05, 4.69) is 10.3 Å². The zero-order valence-electron chi connectivity index (χ0n) is 8.62. The van der Waals surface area contributed by atoms with Crippen LogP contribution in [0, 0.1) is 5.92 Å². The largest absolute Gasteiger partial charge is 0.350 e. The molecule has 1 amide bonds. The molecule has 14 heavy (non-hydrogen) atoms. The second-order valence-corrected chi connectivity index (χ2v) is 3.93. The number of hydrogen-bond donors (Lipinski definition) is 1. The lowest BCUT2D eigenvalue weighted by Gasteiger charge is -2.11. The lowest BCUT2D eigenvalue weighted by molar-refractivity contribution is -0.125. The molecule has 1 rings (SSSR count). The Bertz CT molecular complexity index is 268. The molecule has 1 heterocycles. The van der Waals surface area contributed by atoms with Gasteiger partial charge < -0.3 is 5.32 Å². The van der Waals surface area contributed by atoms with Crippen molar-refractivity contribution < 1.29 is 4.79 Å². The van der Waals surface area contributed by atoms with Crippen molar-refractivity contribution in [1.82, 2.24) is 10.3 Å². The van der Waals surface area contributed by atoms with Crippen LogP contribution in [0.2, 0.25) is 0 Å². The molecular weight excluding hydrogens is 196 g/mol. The number of carbonyl (C=O) groups excluding carboxylic acids is 1. The van der Waals surface area contributed by atoms with Crippen LogP contribution in [0.25, 0.3) is 0 Å². The van der Waals surface area contributed by atoms with Crippen LogP contribution in [0.5, 0.6) is 0 Å². The van der Waals surface area contributed by atoms with Crippen LogP contribution in [-0.2, 0) is 11.3 Å². The van der Waals surface area contributed by atoms with E-state index < -0.39 is 0 Å². The van der Waals surface area contributed by atoms with E-state index in [1.807, 2.05) is 19.2 Å². The molecule has 4 heteroatoms. The van der Waals surface area contributed by atoms with E-state index in [1.54, 1.807) is 16.8 Å². The fraction of sp³-hybridized carbons (Fsp3) is 0.600. The Morgan fingerprint density at radius 1 is 1.57 bits per heavy atom. The van der Waals surface area contributed by atoms with E-state index in [9.17, 15) is 4.79 Å². The standard InChI is InChI=1S/C10H16N2OS/c1-3-8(4-2)10(13)11-5-9-6-14-7-12-9/h6-8H,3-5H2,1-2H3,(H,11,13). The number of carbonyl (C=O) groups is 1. The van der Waals surface area contributed by atoms with Crippen molar-refractivity contribution in [1.29, 1.82) is 0 Å². The number of amides is 1. The van der Waals surface area contributed by atoms with Gasteiger partial charge in [-0.15, -0.1) is 11.3 Å². The predicted octanol–water partition coefficient (Wildman–Crippen LogP) is 2.20. The topological polar surface area (TPSA) is 42.0 Å². The number of nitrogens with zero attached hydrogens (tertiary/aromatic N) is 1. The van der Waals surface area contributed by atoms with Gasteiger partial charge in [0, 0.05) is 11.3 Å². The fourth-order valence-electron chi connectivity index (χ4n) is 1.31. The van der Waals surface area contributed by atoms with Gasteiger partial charge in [0.05, 0.1) is 17.7 Å². The highest BCUT2D eigenvalue weighted by molar-refractivity contribution is 7.07. The third-order valence-electron chi connectivity index (χ3n) is 2.28. The van der Waals surface area contributed by atoms with Crippen molar-refractivity contribution in [2.45, 2.75) is 33.2 Å². The van der Waals surface area contributed by atoms with Gasteiger partial charge in [-0.05, 0) is 12.8 Å². The van der Waals surface area contributed by atoms with Gasteiger partial charge in [0.15, 0.2) is 0 Å². The SMILES string of the molecule is CCC(CC)C(=O)NCc1cscn1. The summed E-state index contributed by atoms with van der Waals surface area (Å²) < 4.78 is 0. The maximum Gasteiger partial charge on any atom is 0.223 e. The average Bonchev–Trinajstić information content (AvgIpc) is 2.69. The number of hydrogen-bond acceptors (Lipinski definition) is 3. The molecule has 0 aliphatic heterocycles. The highest BCUT2D eigenvalue weighted by atomic mass is 32.1. The highest BCUT2D eigenvalue weighted by Gasteiger charge is 2.13. The van der Waals surface area contributed by atoms with E-state index in [0.717, 1.165) is 18.5 Å². The number of thiazole rings is 1. The molecular formula is C10H16N2OS. The molecule has 0 bridgehead atoms. The van der Waals surface area contributed by atoms with E-state index in [-0.39, 0.29) is 11.8 Å². The summed E-state index contributed by atoms with van der Waals surface area (Å²) in [5.74, 6) is 0.289. The zero-order valence-corrected chi connectivity index (χ0v) is 9.43. The van der Waals surface area contributed by atoms with Gasteiger partial charge in [-0.2, -0.15) is 0 Å². The molecule has 0 aliphatic carbocycles. The number of nitrogens with one attached hydrogen (secondary N) is 1. The van der Waals surface area contributed by atoms with E-state index in [0.29, 0.717) is 6.54 Å². The van der Waals surface area contributed by atoms with Crippen molar-refractivity contribution in [2.24, 2.45) is 5.92 Å². The summed E-state index contributed by atoms with van der Waals surface area (Å²) >= 11 is 1.55.